The fraction of sp³-hybridized carbons (Fsp3) is 0.304. The molecule has 176 valence electrons. The van der Waals surface area contributed by atoms with E-state index in [0.717, 1.165) is 18.4 Å². The SMILES string of the molecule is CC(=O)Nc1ccnnc1N1CCC(Oc2ccc(NC(=O)Cc3ccccc3)nn2)CC1I. The molecule has 0 radical (unpaired) electrons. The van der Waals surface area contributed by atoms with E-state index in [-0.39, 0.29) is 28.4 Å². The molecule has 2 N–H and O–H groups in total. The first kappa shape index (κ1) is 23.8. The Morgan fingerprint density at radius 3 is 2.62 bits per heavy atom. The molecule has 2 amide bonds. The number of anilines is 3. The normalized spacial score (nSPS) is 17.6. The van der Waals surface area contributed by atoms with Crippen molar-refractivity contribution < 1.29 is 14.3 Å². The monoisotopic (exact) mass is 573 g/mol. The van der Waals surface area contributed by atoms with Crippen molar-refractivity contribution in [3.63, 3.8) is 0 Å². The second-order valence-corrected chi connectivity index (χ2v) is 9.25. The molecule has 10 nitrogen and oxygen atoms in total. The van der Waals surface area contributed by atoms with Crippen LogP contribution in [-0.2, 0) is 16.0 Å². The molecule has 11 heteroatoms. The molecule has 1 fully saturated rings. The van der Waals surface area contributed by atoms with Gasteiger partial charge in [-0.1, -0.05) is 52.9 Å². The van der Waals surface area contributed by atoms with Crippen molar-refractivity contribution in [1.29, 1.82) is 0 Å². The standard InChI is InChI=1S/C23H24IN7O3/c1-15(32)26-18-9-11-25-30-23(18)31-12-10-17(14-19(31)24)34-22-8-7-20(28-29-22)27-21(33)13-16-5-3-2-4-6-16/h2-9,11,17,19H,10,12-14H2,1H3,(H,25,26,32)(H,27,28,33). The van der Waals surface area contributed by atoms with Crippen molar-refractivity contribution in [2.24, 2.45) is 0 Å². The number of piperidine rings is 1. The zero-order valence-corrected chi connectivity index (χ0v) is 20.7. The number of benzene rings is 1. The number of amides is 2. The maximum absolute atomic E-state index is 12.2. The highest BCUT2D eigenvalue weighted by Gasteiger charge is 2.30. The molecule has 0 spiro atoms. The van der Waals surface area contributed by atoms with Gasteiger partial charge in [0.25, 0.3) is 0 Å². The van der Waals surface area contributed by atoms with Crippen molar-refractivity contribution in [3.8, 4) is 5.88 Å². The molecule has 2 unspecified atom stereocenters. The number of alkyl halides is 1. The number of ether oxygens (including phenoxy) is 1. The van der Waals surface area contributed by atoms with Crippen molar-refractivity contribution in [1.82, 2.24) is 20.4 Å². The predicted octanol–water partition coefficient (Wildman–Crippen LogP) is 3.22. The summed E-state index contributed by atoms with van der Waals surface area (Å²) >= 11 is 2.34. The van der Waals surface area contributed by atoms with Crippen molar-refractivity contribution >= 4 is 51.7 Å². The molecule has 0 bridgehead atoms. The van der Waals surface area contributed by atoms with E-state index in [4.69, 9.17) is 4.74 Å². The predicted molar refractivity (Wildman–Crippen MR) is 136 cm³/mol. The Hall–Kier alpha value is -3.35. The maximum Gasteiger partial charge on any atom is 0.233 e. The Balaban J connectivity index is 1.31. The van der Waals surface area contributed by atoms with Crippen LogP contribution in [0.25, 0.3) is 0 Å². The fourth-order valence-corrected chi connectivity index (χ4v) is 4.75. The summed E-state index contributed by atoms with van der Waals surface area (Å²) in [6.45, 7) is 2.15. The van der Waals surface area contributed by atoms with E-state index < -0.39 is 0 Å². The number of hydrogen-bond acceptors (Lipinski definition) is 8. The smallest absolute Gasteiger partial charge is 0.233 e. The van der Waals surface area contributed by atoms with Crippen LogP contribution in [0, 0.1) is 0 Å². The molecule has 2 aromatic heterocycles. The van der Waals surface area contributed by atoms with E-state index in [1.807, 2.05) is 30.3 Å². The van der Waals surface area contributed by atoms with E-state index in [2.05, 4.69) is 58.5 Å². The van der Waals surface area contributed by atoms with Gasteiger partial charge >= 0.3 is 0 Å². The molecular weight excluding hydrogens is 549 g/mol. The van der Waals surface area contributed by atoms with E-state index >= 15 is 0 Å². The van der Waals surface area contributed by atoms with Gasteiger partial charge in [0.05, 0.1) is 22.4 Å². The number of carbonyl (C=O) groups is 2. The summed E-state index contributed by atoms with van der Waals surface area (Å²) in [6.07, 6.45) is 3.25. The second-order valence-electron chi connectivity index (χ2n) is 7.81. The first-order valence-corrected chi connectivity index (χ1v) is 12.1. The van der Waals surface area contributed by atoms with Gasteiger partial charge in [0.1, 0.15) is 6.10 Å². The molecule has 1 aliphatic rings. The van der Waals surface area contributed by atoms with Crippen molar-refractivity contribution in [2.75, 3.05) is 22.1 Å². The average Bonchev–Trinajstić information content (AvgIpc) is 2.81. The van der Waals surface area contributed by atoms with Crippen LogP contribution in [0.4, 0.5) is 17.3 Å². The van der Waals surface area contributed by atoms with Crippen molar-refractivity contribution in [2.45, 2.75) is 36.3 Å². The minimum absolute atomic E-state index is 0.0492. The molecular formula is C23H24IN7O3. The number of nitrogens with one attached hydrogen (secondary N) is 2. The van der Waals surface area contributed by atoms with Crippen LogP contribution in [0.5, 0.6) is 5.88 Å². The van der Waals surface area contributed by atoms with Crippen LogP contribution in [0.15, 0.2) is 54.7 Å². The molecule has 3 aromatic rings. The molecule has 0 aliphatic carbocycles. The number of hydrogen-bond donors (Lipinski definition) is 2. The van der Waals surface area contributed by atoms with Crippen LogP contribution in [-0.4, -0.2) is 48.9 Å². The first-order valence-electron chi connectivity index (χ1n) is 10.8. The third kappa shape index (κ3) is 6.37. The summed E-state index contributed by atoms with van der Waals surface area (Å²) in [6, 6.07) is 14.6. The molecule has 1 aliphatic heterocycles. The lowest BCUT2D eigenvalue weighted by molar-refractivity contribution is -0.116. The highest BCUT2D eigenvalue weighted by atomic mass is 127. The van der Waals surface area contributed by atoms with Crippen LogP contribution in [0.3, 0.4) is 0 Å². The highest BCUT2D eigenvalue weighted by molar-refractivity contribution is 14.1. The van der Waals surface area contributed by atoms with Gasteiger partial charge in [-0.2, -0.15) is 5.10 Å². The van der Waals surface area contributed by atoms with Gasteiger partial charge < -0.3 is 20.3 Å². The van der Waals surface area contributed by atoms with E-state index in [0.29, 0.717) is 29.7 Å². The van der Waals surface area contributed by atoms with Crippen LogP contribution in [0.2, 0.25) is 0 Å². The summed E-state index contributed by atoms with van der Waals surface area (Å²) < 4.78 is 6.12. The largest absolute Gasteiger partial charge is 0.473 e. The van der Waals surface area contributed by atoms with Gasteiger partial charge in [-0.15, -0.1) is 15.3 Å². The third-order valence-electron chi connectivity index (χ3n) is 5.17. The fourth-order valence-electron chi connectivity index (χ4n) is 3.64. The Bertz CT molecular complexity index is 1130. The minimum atomic E-state index is -0.157. The zero-order valence-electron chi connectivity index (χ0n) is 18.5. The minimum Gasteiger partial charge on any atom is -0.473 e. The summed E-state index contributed by atoms with van der Waals surface area (Å²) in [7, 11) is 0. The van der Waals surface area contributed by atoms with E-state index in [1.165, 1.54) is 6.92 Å². The van der Waals surface area contributed by atoms with Gasteiger partial charge in [-0.3, -0.25) is 9.59 Å². The van der Waals surface area contributed by atoms with Gasteiger partial charge in [0.15, 0.2) is 11.6 Å². The lowest BCUT2D eigenvalue weighted by atomic mass is 10.1. The molecule has 34 heavy (non-hydrogen) atoms. The molecule has 3 heterocycles. The second kappa shape index (κ2) is 11.2. The number of carbonyl (C=O) groups excluding carboxylic acids is 2. The summed E-state index contributed by atoms with van der Waals surface area (Å²) in [4.78, 5) is 25.8. The molecule has 0 saturated carbocycles. The molecule has 4 rings (SSSR count). The lowest BCUT2D eigenvalue weighted by Gasteiger charge is -2.37. The zero-order chi connectivity index (χ0) is 23.9. The van der Waals surface area contributed by atoms with Gasteiger partial charge in [0, 0.05) is 32.4 Å². The topological polar surface area (TPSA) is 122 Å². The van der Waals surface area contributed by atoms with Gasteiger partial charge in [-0.25, -0.2) is 0 Å². The van der Waals surface area contributed by atoms with Gasteiger partial charge in [0.2, 0.25) is 17.7 Å². The van der Waals surface area contributed by atoms with Crippen LogP contribution >= 0.6 is 22.6 Å². The first-order chi connectivity index (χ1) is 16.5. The number of rotatable bonds is 7. The Morgan fingerprint density at radius 1 is 1.09 bits per heavy atom. The molecule has 1 aromatic carbocycles. The molecule has 2 atom stereocenters. The van der Waals surface area contributed by atoms with Crippen LogP contribution in [0.1, 0.15) is 25.3 Å². The number of halogens is 1. The van der Waals surface area contributed by atoms with Crippen LogP contribution < -0.4 is 20.3 Å². The Kier molecular flexibility index (Phi) is 7.83. The maximum atomic E-state index is 12.2. The Morgan fingerprint density at radius 2 is 1.91 bits per heavy atom. The summed E-state index contributed by atoms with van der Waals surface area (Å²) in [5.41, 5.74) is 1.57. The highest BCUT2D eigenvalue weighted by Crippen LogP contribution is 2.32. The summed E-state index contributed by atoms with van der Waals surface area (Å²) in [5.74, 6) is 1.11. The van der Waals surface area contributed by atoms with E-state index in [9.17, 15) is 9.59 Å². The quantitative estimate of drug-likeness (QED) is 0.251. The van der Waals surface area contributed by atoms with Gasteiger partial charge in [-0.05, 0) is 17.7 Å². The van der Waals surface area contributed by atoms with Crippen molar-refractivity contribution in [3.05, 3.63) is 60.3 Å². The number of aromatic nitrogens is 4. The number of nitrogens with zero attached hydrogens (tertiary/aromatic N) is 5. The average molecular weight is 573 g/mol. The molecule has 1 saturated heterocycles. The summed E-state index contributed by atoms with van der Waals surface area (Å²) in [5, 5.41) is 21.9. The Labute approximate surface area is 210 Å². The lowest BCUT2D eigenvalue weighted by Crippen LogP contribution is -2.43. The van der Waals surface area contributed by atoms with E-state index in [1.54, 1.807) is 24.4 Å². The third-order valence-corrected chi connectivity index (χ3v) is 6.35.